The van der Waals surface area contributed by atoms with E-state index in [1.54, 1.807) is 11.0 Å². The van der Waals surface area contributed by atoms with Crippen molar-refractivity contribution in [1.29, 1.82) is 0 Å². The molecule has 0 saturated heterocycles. The molecule has 3 rings (SSSR count). The van der Waals surface area contributed by atoms with E-state index in [1.807, 2.05) is 80.6 Å². The molecule has 0 aliphatic carbocycles. The Bertz CT molecular complexity index is 1220. The van der Waals surface area contributed by atoms with Gasteiger partial charge in [-0.15, -0.1) is 0 Å². The van der Waals surface area contributed by atoms with Gasteiger partial charge in [0.25, 0.3) is 0 Å². The van der Waals surface area contributed by atoms with Crippen molar-refractivity contribution in [3.05, 3.63) is 94.5 Å². The van der Waals surface area contributed by atoms with Crippen LogP contribution in [0.25, 0.3) is 0 Å². The SMILES string of the molecule is CCCCNC(=O)[C@@H](Cc1ccccc1)N(Cc1cccc(Cl)c1)C(=O)CCc1ccc(OCC)c(OCC)c1. The molecule has 0 bridgehead atoms. The zero-order valence-electron chi connectivity index (χ0n) is 23.8. The summed E-state index contributed by atoms with van der Waals surface area (Å²) in [5.41, 5.74) is 2.84. The molecule has 7 heteroatoms. The Labute approximate surface area is 243 Å². The molecule has 40 heavy (non-hydrogen) atoms. The van der Waals surface area contributed by atoms with E-state index < -0.39 is 6.04 Å². The van der Waals surface area contributed by atoms with Crippen LogP contribution in [0.4, 0.5) is 0 Å². The summed E-state index contributed by atoms with van der Waals surface area (Å²) in [6.07, 6.45) is 3.02. The van der Waals surface area contributed by atoms with Crippen LogP contribution in [0.3, 0.4) is 0 Å². The van der Waals surface area contributed by atoms with Crippen LogP contribution in [0.5, 0.6) is 11.5 Å². The lowest BCUT2D eigenvalue weighted by Gasteiger charge is -2.32. The number of hydrogen-bond donors (Lipinski definition) is 1. The maximum absolute atomic E-state index is 13.9. The van der Waals surface area contributed by atoms with Gasteiger partial charge in [0.1, 0.15) is 6.04 Å². The Hall–Kier alpha value is -3.51. The quantitative estimate of drug-likeness (QED) is 0.198. The summed E-state index contributed by atoms with van der Waals surface area (Å²) in [6, 6.07) is 22.4. The number of amides is 2. The van der Waals surface area contributed by atoms with Gasteiger partial charge in [-0.3, -0.25) is 9.59 Å². The second-order valence-electron chi connectivity index (χ2n) is 9.65. The van der Waals surface area contributed by atoms with Gasteiger partial charge in [-0.1, -0.05) is 73.5 Å². The summed E-state index contributed by atoms with van der Waals surface area (Å²) in [5, 5.41) is 3.65. The minimum absolute atomic E-state index is 0.0987. The highest BCUT2D eigenvalue weighted by Crippen LogP contribution is 2.29. The highest BCUT2D eigenvalue weighted by Gasteiger charge is 2.30. The van der Waals surface area contributed by atoms with Crippen molar-refractivity contribution in [2.75, 3.05) is 19.8 Å². The first-order valence-electron chi connectivity index (χ1n) is 14.2. The van der Waals surface area contributed by atoms with E-state index in [1.165, 1.54) is 0 Å². The number of aryl methyl sites for hydroxylation is 1. The molecule has 1 N–H and O–H groups in total. The third-order valence-corrected chi connectivity index (χ3v) is 6.81. The van der Waals surface area contributed by atoms with Gasteiger partial charge >= 0.3 is 0 Å². The van der Waals surface area contributed by atoms with Crippen LogP contribution < -0.4 is 14.8 Å². The molecule has 0 spiro atoms. The van der Waals surface area contributed by atoms with Crippen LogP contribution >= 0.6 is 11.6 Å². The maximum atomic E-state index is 13.9. The number of hydrogen-bond acceptors (Lipinski definition) is 4. The third kappa shape index (κ3) is 9.60. The number of carbonyl (C=O) groups is 2. The highest BCUT2D eigenvalue weighted by molar-refractivity contribution is 6.30. The van der Waals surface area contributed by atoms with Gasteiger partial charge in [0.2, 0.25) is 11.8 Å². The molecule has 0 saturated carbocycles. The van der Waals surface area contributed by atoms with Crippen molar-refractivity contribution in [1.82, 2.24) is 10.2 Å². The van der Waals surface area contributed by atoms with E-state index in [0.29, 0.717) is 49.1 Å². The van der Waals surface area contributed by atoms with Gasteiger partial charge < -0.3 is 19.7 Å². The zero-order chi connectivity index (χ0) is 28.7. The number of ether oxygens (including phenoxy) is 2. The lowest BCUT2D eigenvalue weighted by atomic mass is 10.0. The number of carbonyl (C=O) groups excluding carboxylic acids is 2. The Kier molecular flexibility index (Phi) is 12.8. The average molecular weight is 565 g/mol. The monoisotopic (exact) mass is 564 g/mol. The standard InChI is InChI=1S/C33H41ClN2O4/c1-4-7-20-35-33(38)29(22-25-12-9-8-10-13-25)36(24-27-14-11-15-28(34)21-27)32(37)19-17-26-16-18-30(39-5-2)31(23-26)40-6-3/h8-16,18,21,23,29H,4-7,17,19-20,22,24H2,1-3H3,(H,35,38)/t29-/m1/s1. The van der Waals surface area contributed by atoms with Gasteiger partial charge in [-0.05, 0) is 67.6 Å². The molecule has 2 amide bonds. The van der Waals surface area contributed by atoms with Gasteiger partial charge in [-0.25, -0.2) is 0 Å². The summed E-state index contributed by atoms with van der Waals surface area (Å²) in [5.74, 6) is 1.11. The molecule has 0 radical (unpaired) electrons. The first-order chi connectivity index (χ1) is 19.4. The lowest BCUT2D eigenvalue weighted by molar-refractivity contribution is -0.141. The summed E-state index contributed by atoms with van der Waals surface area (Å²) in [4.78, 5) is 29.2. The van der Waals surface area contributed by atoms with Crippen molar-refractivity contribution in [2.24, 2.45) is 0 Å². The summed E-state index contributed by atoms with van der Waals surface area (Å²) in [6.45, 7) is 7.86. The van der Waals surface area contributed by atoms with Crippen LogP contribution in [-0.4, -0.2) is 42.5 Å². The fraction of sp³-hybridized carbons (Fsp3) is 0.394. The predicted octanol–water partition coefficient (Wildman–Crippen LogP) is 6.63. The fourth-order valence-corrected chi connectivity index (χ4v) is 4.75. The molecular weight excluding hydrogens is 524 g/mol. The Morgan fingerprint density at radius 3 is 2.27 bits per heavy atom. The Morgan fingerprint density at radius 1 is 0.850 bits per heavy atom. The summed E-state index contributed by atoms with van der Waals surface area (Å²) in [7, 11) is 0. The van der Waals surface area contributed by atoms with Gasteiger partial charge in [0, 0.05) is 31.0 Å². The van der Waals surface area contributed by atoms with Gasteiger partial charge in [0.05, 0.1) is 13.2 Å². The molecule has 0 fully saturated rings. The lowest BCUT2D eigenvalue weighted by Crippen LogP contribution is -2.50. The van der Waals surface area contributed by atoms with Crippen LogP contribution in [0.15, 0.2) is 72.8 Å². The first-order valence-corrected chi connectivity index (χ1v) is 14.6. The number of nitrogens with one attached hydrogen (secondary N) is 1. The van der Waals surface area contributed by atoms with Gasteiger partial charge in [-0.2, -0.15) is 0 Å². The van der Waals surface area contributed by atoms with E-state index >= 15 is 0 Å². The molecule has 3 aromatic rings. The average Bonchev–Trinajstić information content (AvgIpc) is 2.95. The van der Waals surface area contributed by atoms with Crippen molar-refractivity contribution in [3.8, 4) is 11.5 Å². The van der Waals surface area contributed by atoms with E-state index in [4.69, 9.17) is 21.1 Å². The molecule has 0 heterocycles. The zero-order valence-corrected chi connectivity index (χ0v) is 24.6. The minimum atomic E-state index is -0.662. The second kappa shape index (κ2) is 16.6. The summed E-state index contributed by atoms with van der Waals surface area (Å²) >= 11 is 6.28. The second-order valence-corrected chi connectivity index (χ2v) is 10.1. The maximum Gasteiger partial charge on any atom is 0.243 e. The van der Waals surface area contributed by atoms with E-state index in [0.717, 1.165) is 29.5 Å². The number of unbranched alkanes of at least 4 members (excludes halogenated alkanes) is 1. The fourth-order valence-electron chi connectivity index (χ4n) is 4.54. The molecule has 0 aliphatic rings. The number of nitrogens with zero attached hydrogens (tertiary/aromatic N) is 1. The smallest absolute Gasteiger partial charge is 0.243 e. The Balaban J connectivity index is 1.88. The van der Waals surface area contributed by atoms with Crippen molar-refractivity contribution < 1.29 is 19.1 Å². The van der Waals surface area contributed by atoms with Crippen molar-refractivity contribution in [2.45, 2.75) is 65.5 Å². The van der Waals surface area contributed by atoms with E-state index in [-0.39, 0.29) is 24.8 Å². The topological polar surface area (TPSA) is 67.9 Å². The first kappa shape index (κ1) is 31.0. The van der Waals surface area contributed by atoms with Crippen LogP contribution in [0.1, 0.15) is 56.7 Å². The number of benzene rings is 3. The highest BCUT2D eigenvalue weighted by atomic mass is 35.5. The van der Waals surface area contributed by atoms with Crippen LogP contribution in [0.2, 0.25) is 5.02 Å². The van der Waals surface area contributed by atoms with Crippen molar-refractivity contribution in [3.63, 3.8) is 0 Å². The molecule has 0 aliphatic heterocycles. The Morgan fingerprint density at radius 2 is 1.57 bits per heavy atom. The molecule has 214 valence electrons. The molecule has 6 nitrogen and oxygen atoms in total. The number of halogens is 1. The van der Waals surface area contributed by atoms with Crippen LogP contribution in [-0.2, 0) is 29.0 Å². The largest absolute Gasteiger partial charge is 0.490 e. The molecule has 1 atom stereocenters. The molecule has 0 aromatic heterocycles. The summed E-state index contributed by atoms with van der Waals surface area (Å²) < 4.78 is 11.5. The molecular formula is C33H41ClN2O4. The normalized spacial score (nSPS) is 11.5. The molecule has 3 aromatic carbocycles. The van der Waals surface area contributed by atoms with E-state index in [2.05, 4.69) is 12.2 Å². The molecule has 0 unspecified atom stereocenters. The van der Waals surface area contributed by atoms with Crippen molar-refractivity contribution >= 4 is 23.4 Å². The van der Waals surface area contributed by atoms with Crippen LogP contribution in [0, 0.1) is 0 Å². The number of rotatable bonds is 16. The predicted molar refractivity (Wildman–Crippen MR) is 161 cm³/mol. The van der Waals surface area contributed by atoms with E-state index in [9.17, 15) is 9.59 Å². The van der Waals surface area contributed by atoms with Gasteiger partial charge in [0.15, 0.2) is 11.5 Å². The third-order valence-electron chi connectivity index (χ3n) is 6.58. The minimum Gasteiger partial charge on any atom is -0.490 e.